The van der Waals surface area contributed by atoms with Crippen molar-refractivity contribution in [2.24, 2.45) is 0 Å². The zero-order chi connectivity index (χ0) is 23.8. The molecule has 0 amide bonds. The fourth-order valence-electron chi connectivity index (χ4n) is 4.50. The highest BCUT2D eigenvalue weighted by molar-refractivity contribution is 7.96. The molecule has 0 aliphatic heterocycles. The molecule has 2 nitrogen and oxygen atoms in total. The second kappa shape index (κ2) is 11.0. The first-order valence-electron chi connectivity index (χ1n) is 11.4. The van der Waals surface area contributed by atoms with Crippen LogP contribution in [0.4, 0.5) is 0 Å². The lowest BCUT2D eigenvalue weighted by atomic mass is 10.0. The average molecular weight is 465 g/mol. The molecule has 0 radical (unpaired) electrons. The zero-order valence-corrected chi connectivity index (χ0v) is 20.3. The minimum atomic E-state index is -2.57. The number of hydrogen-bond donors (Lipinski definition) is 0. The zero-order valence-electron chi connectivity index (χ0n) is 19.4. The Balaban J connectivity index is 2.31. The number of ketones is 1. The second-order valence-corrected chi connectivity index (χ2v) is 11.3. The normalized spacial score (nSPS) is 11.0. The Morgan fingerprint density at radius 1 is 0.735 bits per heavy atom. The summed E-state index contributed by atoms with van der Waals surface area (Å²) in [6.07, 6.45) is 2.83. The van der Waals surface area contributed by atoms with Crippen molar-refractivity contribution in [2.75, 3.05) is 7.11 Å². The maximum Gasteiger partial charge on any atom is 0.164 e. The van der Waals surface area contributed by atoms with Gasteiger partial charge in [-0.1, -0.05) is 115 Å². The first-order chi connectivity index (χ1) is 16.7. The van der Waals surface area contributed by atoms with E-state index in [1.807, 2.05) is 48.5 Å². The summed E-state index contributed by atoms with van der Waals surface area (Å²) in [6, 6.07) is 39.3. The Morgan fingerprint density at radius 2 is 1.18 bits per heavy atom. The maximum absolute atomic E-state index is 14.2. The van der Waals surface area contributed by atoms with E-state index >= 15 is 0 Å². The van der Waals surface area contributed by atoms with Gasteiger partial charge in [0.15, 0.2) is 5.78 Å². The third-order valence-electron chi connectivity index (χ3n) is 5.97. The van der Waals surface area contributed by atoms with E-state index in [0.29, 0.717) is 18.6 Å². The molecule has 4 rings (SSSR count). The number of ether oxygens (including phenoxy) is 1. The number of benzene rings is 4. The number of hydrogen-bond acceptors (Lipinski definition) is 2. The summed E-state index contributed by atoms with van der Waals surface area (Å²) >= 11 is 0. The number of rotatable bonds is 9. The fourth-order valence-corrected chi connectivity index (χ4v) is 9.06. The van der Waals surface area contributed by atoms with Crippen LogP contribution in [0.25, 0.3) is 0 Å². The lowest BCUT2D eigenvalue weighted by Crippen LogP contribution is -2.34. The number of para-hydroxylation sites is 1. The van der Waals surface area contributed by atoms with Crippen LogP contribution in [0.1, 0.15) is 18.4 Å². The number of allylic oxidation sites excluding steroid dienone is 1. The molecule has 0 aliphatic carbocycles. The summed E-state index contributed by atoms with van der Waals surface area (Å²) in [4.78, 5) is 14.2. The van der Waals surface area contributed by atoms with Gasteiger partial charge in [0.1, 0.15) is 5.75 Å². The third-order valence-corrected chi connectivity index (χ3v) is 10.3. The van der Waals surface area contributed by atoms with Crippen LogP contribution in [0.15, 0.2) is 128 Å². The number of methoxy groups -OCH3 is 1. The molecular formula is C31H29O2P. The minimum absolute atomic E-state index is 0.120. The molecule has 4 aromatic carbocycles. The van der Waals surface area contributed by atoms with Gasteiger partial charge in [0.05, 0.1) is 7.11 Å². The van der Waals surface area contributed by atoms with Crippen molar-refractivity contribution in [3.05, 3.63) is 133 Å². The molecule has 0 heterocycles. The van der Waals surface area contributed by atoms with Crippen LogP contribution in [-0.4, -0.2) is 18.2 Å². The van der Waals surface area contributed by atoms with Crippen molar-refractivity contribution in [2.45, 2.75) is 12.8 Å². The van der Waals surface area contributed by atoms with Crippen LogP contribution in [0.3, 0.4) is 0 Å². The maximum atomic E-state index is 14.2. The molecule has 0 spiro atoms. The molecule has 34 heavy (non-hydrogen) atoms. The van der Waals surface area contributed by atoms with Gasteiger partial charge in [-0.15, -0.1) is 6.58 Å². The van der Waals surface area contributed by atoms with Crippen LogP contribution >= 0.6 is 6.89 Å². The third kappa shape index (κ3) is 4.42. The quantitative estimate of drug-likeness (QED) is 0.233. The van der Waals surface area contributed by atoms with Crippen molar-refractivity contribution in [3.8, 4) is 5.75 Å². The highest BCUT2D eigenvalue weighted by Crippen LogP contribution is 2.49. The van der Waals surface area contributed by atoms with Gasteiger partial charge in [0.2, 0.25) is 0 Å². The van der Waals surface area contributed by atoms with Crippen molar-refractivity contribution in [1.82, 2.24) is 0 Å². The van der Waals surface area contributed by atoms with Crippen molar-refractivity contribution in [3.63, 3.8) is 0 Å². The molecule has 3 heteroatoms. The standard InChI is InChI=1S/C31H29O2P/c1-3-4-23-29(32)31(28-22-14-15-24-30(28)33-2)34(25-16-8-5-9-17-25,26-18-10-6-11-19-26)27-20-12-7-13-21-27/h3,5-22,24H,1,4,23H2,2H3. The van der Waals surface area contributed by atoms with Crippen LogP contribution in [0.2, 0.25) is 0 Å². The molecular weight excluding hydrogens is 435 g/mol. The van der Waals surface area contributed by atoms with E-state index in [9.17, 15) is 4.79 Å². The molecule has 0 aromatic heterocycles. The fraction of sp³-hybridized carbons (Fsp3) is 0.0968. The highest BCUT2D eigenvalue weighted by Gasteiger charge is 2.34. The van der Waals surface area contributed by atoms with Crippen LogP contribution in [0.5, 0.6) is 5.75 Å². The Bertz CT molecular complexity index is 1210. The molecule has 4 aromatic rings. The van der Waals surface area contributed by atoms with Crippen molar-refractivity contribution < 1.29 is 9.53 Å². The topological polar surface area (TPSA) is 26.3 Å². The molecule has 0 aliphatic rings. The molecule has 170 valence electrons. The van der Waals surface area contributed by atoms with Crippen LogP contribution in [-0.2, 0) is 4.79 Å². The van der Waals surface area contributed by atoms with Crippen LogP contribution < -0.4 is 20.7 Å². The molecule has 0 unspecified atom stereocenters. The molecule has 0 N–H and O–H groups in total. The Kier molecular flexibility index (Phi) is 7.62. The van der Waals surface area contributed by atoms with Gasteiger partial charge in [-0.05, 0) is 35.3 Å². The molecule has 0 saturated carbocycles. The predicted molar refractivity (Wildman–Crippen MR) is 147 cm³/mol. The molecule has 0 saturated heterocycles. The highest BCUT2D eigenvalue weighted by atomic mass is 31.2. The van der Waals surface area contributed by atoms with Crippen molar-refractivity contribution >= 4 is 33.9 Å². The summed E-state index contributed by atoms with van der Waals surface area (Å²) in [5.74, 6) is 0.825. The summed E-state index contributed by atoms with van der Waals surface area (Å²) in [5.41, 5.74) is 0.851. The Hall–Kier alpha value is -3.61. The molecule has 0 atom stereocenters. The lowest BCUT2D eigenvalue weighted by molar-refractivity contribution is -0.112. The van der Waals surface area contributed by atoms with Crippen LogP contribution in [0, 0.1) is 0 Å². The lowest BCUT2D eigenvalue weighted by Gasteiger charge is -2.33. The first-order valence-corrected chi connectivity index (χ1v) is 13.2. The summed E-state index contributed by atoms with van der Waals surface area (Å²) in [5, 5.41) is 4.23. The van der Waals surface area contributed by atoms with Gasteiger partial charge >= 0.3 is 0 Å². The van der Waals surface area contributed by atoms with Gasteiger partial charge < -0.3 is 4.74 Å². The van der Waals surface area contributed by atoms with E-state index < -0.39 is 6.89 Å². The smallest absolute Gasteiger partial charge is 0.164 e. The van der Waals surface area contributed by atoms with Gasteiger partial charge in [-0.3, -0.25) is 4.79 Å². The van der Waals surface area contributed by atoms with Crippen molar-refractivity contribution in [1.29, 1.82) is 0 Å². The Labute approximate surface area is 202 Å². The second-order valence-electron chi connectivity index (χ2n) is 7.98. The summed E-state index contributed by atoms with van der Waals surface area (Å²) in [7, 11) is 1.67. The molecule has 0 bridgehead atoms. The van der Waals surface area contributed by atoms with E-state index in [1.54, 1.807) is 7.11 Å². The minimum Gasteiger partial charge on any atom is -0.496 e. The van der Waals surface area contributed by atoms with Gasteiger partial charge in [-0.25, -0.2) is 0 Å². The number of Topliss-reactive ketones (excluding diaryl/α,β-unsaturated/α-hetero) is 1. The van der Waals surface area contributed by atoms with E-state index in [-0.39, 0.29) is 5.78 Å². The van der Waals surface area contributed by atoms with E-state index in [4.69, 9.17) is 4.74 Å². The largest absolute Gasteiger partial charge is 0.496 e. The van der Waals surface area contributed by atoms with E-state index in [2.05, 4.69) is 79.4 Å². The van der Waals surface area contributed by atoms with Gasteiger partial charge in [-0.2, -0.15) is 0 Å². The first kappa shape index (κ1) is 23.5. The summed E-state index contributed by atoms with van der Waals surface area (Å²) in [6.45, 7) is 1.29. The average Bonchev–Trinajstić information content (AvgIpc) is 2.92. The van der Waals surface area contributed by atoms with E-state index in [1.165, 1.54) is 0 Å². The number of carbonyl (C=O) groups is 1. The Morgan fingerprint density at radius 3 is 1.62 bits per heavy atom. The van der Waals surface area contributed by atoms with Gasteiger partial charge in [0, 0.05) is 17.3 Å². The summed E-state index contributed by atoms with van der Waals surface area (Å²) < 4.78 is 5.81. The van der Waals surface area contributed by atoms with Gasteiger partial charge in [0.25, 0.3) is 0 Å². The van der Waals surface area contributed by atoms with E-state index in [0.717, 1.165) is 26.8 Å². The number of carbonyl (C=O) groups excluding carboxylic acids is 1. The SMILES string of the molecule is C=CCCC(=O)C(c1ccccc1OC)=P(c1ccccc1)(c1ccccc1)c1ccccc1. The predicted octanol–water partition coefficient (Wildman–Crippen LogP) is 5.75. The monoisotopic (exact) mass is 464 g/mol. The molecule has 0 fully saturated rings.